The van der Waals surface area contributed by atoms with Crippen molar-refractivity contribution >= 4 is 11.6 Å². The van der Waals surface area contributed by atoms with Crippen LogP contribution in [0.4, 0.5) is 0 Å². The van der Waals surface area contributed by atoms with Crippen LogP contribution in [0.5, 0.6) is 0 Å². The Labute approximate surface area is 165 Å². The fourth-order valence-corrected chi connectivity index (χ4v) is 3.90. The molecule has 1 amide bonds. The number of likely N-dealkylation sites (N-methyl/N-ethyl adjacent to an activating group) is 1. The summed E-state index contributed by atoms with van der Waals surface area (Å²) in [4.78, 5) is 21.5. The van der Waals surface area contributed by atoms with Crippen molar-refractivity contribution in [3.05, 3.63) is 54.5 Å². The minimum absolute atomic E-state index is 0.0353. The van der Waals surface area contributed by atoms with Gasteiger partial charge in [0, 0.05) is 50.2 Å². The number of nitrogens with zero attached hydrogens (tertiary/aromatic N) is 5. The molecule has 0 aliphatic carbocycles. The first-order valence-corrected chi connectivity index (χ1v) is 10.0. The van der Waals surface area contributed by atoms with Crippen molar-refractivity contribution in [2.75, 3.05) is 20.1 Å². The predicted molar refractivity (Wildman–Crippen MR) is 110 cm³/mol. The van der Waals surface area contributed by atoms with Gasteiger partial charge in [0.25, 0.3) is 0 Å². The number of carbonyl (C=O) groups is 1. The van der Waals surface area contributed by atoms with E-state index < -0.39 is 0 Å². The Morgan fingerprint density at radius 2 is 1.96 bits per heavy atom. The van der Waals surface area contributed by atoms with Crippen LogP contribution in [0, 0.1) is 0 Å². The molecule has 28 heavy (non-hydrogen) atoms. The molecule has 6 heteroatoms. The molecule has 0 N–H and O–H groups in total. The van der Waals surface area contributed by atoms with Crippen LogP contribution < -0.4 is 0 Å². The summed E-state index contributed by atoms with van der Waals surface area (Å²) in [6, 6.07) is 10.2. The van der Waals surface area contributed by atoms with Gasteiger partial charge in [0.2, 0.25) is 5.91 Å². The van der Waals surface area contributed by atoms with E-state index in [1.54, 1.807) is 0 Å². The van der Waals surface area contributed by atoms with Crippen molar-refractivity contribution in [2.24, 2.45) is 0 Å². The molecule has 1 aliphatic rings. The molecule has 1 aromatic carbocycles. The number of amides is 1. The van der Waals surface area contributed by atoms with Crippen molar-refractivity contribution in [3.63, 3.8) is 0 Å². The minimum atomic E-state index is -0.0353. The van der Waals surface area contributed by atoms with E-state index in [4.69, 9.17) is 0 Å². The van der Waals surface area contributed by atoms with Gasteiger partial charge in [-0.2, -0.15) is 5.10 Å². The van der Waals surface area contributed by atoms with Crippen LogP contribution in [-0.2, 0) is 11.3 Å². The van der Waals surface area contributed by atoms with E-state index in [9.17, 15) is 4.79 Å². The molecular formula is C22H27N5O. The smallest absolute Gasteiger partial charge is 0.239 e. The molecule has 4 rings (SSSR count). The molecule has 3 heterocycles. The van der Waals surface area contributed by atoms with Crippen LogP contribution >= 0.6 is 0 Å². The summed E-state index contributed by atoms with van der Waals surface area (Å²) in [6.07, 6.45) is 8.90. The lowest BCUT2D eigenvalue weighted by molar-refractivity contribution is -0.140. The molecule has 3 aromatic rings. The summed E-state index contributed by atoms with van der Waals surface area (Å²) in [5.74, 6) is 0.235. The first-order valence-electron chi connectivity index (χ1n) is 10.0. The van der Waals surface area contributed by atoms with Gasteiger partial charge < -0.3 is 4.90 Å². The molecule has 0 spiro atoms. The van der Waals surface area contributed by atoms with Crippen molar-refractivity contribution < 1.29 is 4.79 Å². The molecule has 1 aliphatic heterocycles. The first-order chi connectivity index (χ1) is 13.7. The summed E-state index contributed by atoms with van der Waals surface area (Å²) in [7, 11) is 1.90. The second-order valence-electron chi connectivity index (χ2n) is 7.54. The van der Waals surface area contributed by atoms with Gasteiger partial charge >= 0.3 is 0 Å². The van der Waals surface area contributed by atoms with E-state index in [0.717, 1.165) is 61.2 Å². The lowest BCUT2D eigenvalue weighted by Crippen LogP contribution is -2.55. The Balaban J connectivity index is 1.56. The lowest BCUT2D eigenvalue weighted by atomic mass is 10.0. The SMILES string of the molecule is CCCC[C@@H]1C(=O)N(C)CCN1Cc1cnc2c(-c3ccccc3)cnn2c1. The highest BCUT2D eigenvalue weighted by Crippen LogP contribution is 2.24. The van der Waals surface area contributed by atoms with E-state index in [2.05, 4.69) is 34.0 Å². The van der Waals surface area contributed by atoms with Crippen molar-refractivity contribution in [1.82, 2.24) is 24.4 Å². The molecule has 6 nitrogen and oxygen atoms in total. The number of carbonyl (C=O) groups excluding carboxylic acids is 1. The molecule has 2 aromatic heterocycles. The van der Waals surface area contributed by atoms with Gasteiger partial charge in [0.1, 0.15) is 0 Å². The number of hydrogen-bond acceptors (Lipinski definition) is 4. The van der Waals surface area contributed by atoms with Gasteiger partial charge in [0.05, 0.1) is 12.2 Å². The Kier molecular flexibility index (Phi) is 5.39. The molecule has 0 saturated carbocycles. The van der Waals surface area contributed by atoms with Gasteiger partial charge in [-0.1, -0.05) is 50.1 Å². The van der Waals surface area contributed by atoms with Crippen molar-refractivity contribution in [2.45, 2.75) is 38.8 Å². The Hall–Kier alpha value is -2.73. The number of piperazine rings is 1. The molecular weight excluding hydrogens is 350 g/mol. The molecule has 1 fully saturated rings. The van der Waals surface area contributed by atoms with Crippen LogP contribution in [0.1, 0.15) is 31.7 Å². The van der Waals surface area contributed by atoms with Crippen LogP contribution in [0.15, 0.2) is 48.9 Å². The summed E-state index contributed by atoms with van der Waals surface area (Å²) >= 11 is 0. The third kappa shape index (κ3) is 3.64. The highest BCUT2D eigenvalue weighted by molar-refractivity contribution is 5.82. The Morgan fingerprint density at radius 1 is 1.14 bits per heavy atom. The summed E-state index contributed by atoms with van der Waals surface area (Å²) in [6.45, 7) is 4.55. The lowest BCUT2D eigenvalue weighted by Gasteiger charge is -2.39. The van der Waals surface area contributed by atoms with Gasteiger partial charge in [-0.25, -0.2) is 9.50 Å². The predicted octanol–water partition coefficient (Wildman–Crippen LogP) is 3.23. The molecule has 1 atom stereocenters. The fourth-order valence-electron chi connectivity index (χ4n) is 3.90. The van der Waals surface area contributed by atoms with Crippen LogP contribution in [0.25, 0.3) is 16.8 Å². The average Bonchev–Trinajstić information content (AvgIpc) is 3.14. The monoisotopic (exact) mass is 377 g/mol. The fraction of sp³-hybridized carbons (Fsp3) is 0.409. The summed E-state index contributed by atoms with van der Waals surface area (Å²) < 4.78 is 1.84. The van der Waals surface area contributed by atoms with Crippen molar-refractivity contribution in [1.29, 1.82) is 0 Å². The van der Waals surface area contributed by atoms with Gasteiger partial charge in [-0.15, -0.1) is 0 Å². The normalized spacial score (nSPS) is 18.1. The van der Waals surface area contributed by atoms with Crippen LogP contribution in [0.3, 0.4) is 0 Å². The Bertz CT molecular complexity index is 952. The molecule has 0 unspecified atom stereocenters. The maximum atomic E-state index is 12.7. The number of aromatic nitrogens is 3. The largest absolute Gasteiger partial charge is 0.343 e. The van der Waals surface area contributed by atoms with E-state index in [1.165, 1.54) is 0 Å². The summed E-state index contributed by atoms with van der Waals surface area (Å²) in [5.41, 5.74) is 4.07. The molecule has 0 bridgehead atoms. The quantitative estimate of drug-likeness (QED) is 0.662. The maximum absolute atomic E-state index is 12.7. The standard InChI is InChI=1S/C22H27N5O/c1-3-4-10-20-22(28)25(2)11-12-26(20)15-17-13-23-21-19(14-24-27(21)16-17)18-8-6-5-7-9-18/h5-9,13-14,16,20H,3-4,10-12,15H2,1-2H3/t20-/m1/s1. The van der Waals surface area contributed by atoms with Gasteiger partial charge in [-0.05, 0) is 12.0 Å². The average molecular weight is 377 g/mol. The van der Waals surface area contributed by atoms with E-state index in [0.29, 0.717) is 0 Å². The molecule has 146 valence electrons. The van der Waals surface area contributed by atoms with E-state index in [-0.39, 0.29) is 11.9 Å². The van der Waals surface area contributed by atoms with Gasteiger partial charge in [0.15, 0.2) is 5.65 Å². The molecule has 1 saturated heterocycles. The number of unbranched alkanes of at least 4 members (excludes halogenated alkanes) is 1. The maximum Gasteiger partial charge on any atom is 0.239 e. The highest BCUT2D eigenvalue weighted by Gasteiger charge is 2.32. The number of hydrogen-bond donors (Lipinski definition) is 0. The van der Waals surface area contributed by atoms with Crippen molar-refractivity contribution in [3.8, 4) is 11.1 Å². The zero-order valence-electron chi connectivity index (χ0n) is 16.6. The van der Waals surface area contributed by atoms with E-state index >= 15 is 0 Å². The third-order valence-corrected chi connectivity index (χ3v) is 5.54. The zero-order chi connectivity index (χ0) is 19.5. The number of benzene rings is 1. The number of rotatable bonds is 6. The Morgan fingerprint density at radius 3 is 2.75 bits per heavy atom. The third-order valence-electron chi connectivity index (χ3n) is 5.54. The number of fused-ring (bicyclic) bond motifs is 1. The second kappa shape index (κ2) is 8.10. The van der Waals surface area contributed by atoms with Crippen LogP contribution in [0.2, 0.25) is 0 Å². The minimum Gasteiger partial charge on any atom is -0.343 e. The van der Waals surface area contributed by atoms with Crippen LogP contribution in [-0.4, -0.2) is 56.5 Å². The molecule has 0 radical (unpaired) electrons. The highest BCUT2D eigenvalue weighted by atomic mass is 16.2. The zero-order valence-corrected chi connectivity index (χ0v) is 16.6. The van der Waals surface area contributed by atoms with Gasteiger partial charge in [-0.3, -0.25) is 9.69 Å². The summed E-state index contributed by atoms with van der Waals surface area (Å²) in [5, 5.41) is 4.50. The van der Waals surface area contributed by atoms with E-state index in [1.807, 2.05) is 53.3 Å². The first kappa shape index (κ1) is 18.6. The second-order valence-corrected chi connectivity index (χ2v) is 7.54. The topological polar surface area (TPSA) is 53.7 Å².